The van der Waals surface area contributed by atoms with Crippen LogP contribution in [0.4, 0.5) is 5.69 Å². The molecule has 10 heteroatoms. The number of fused-ring (bicyclic) bond motifs is 1. The number of pyridine rings is 1. The lowest BCUT2D eigenvalue weighted by molar-refractivity contribution is -0.115. The second kappa shape index (κ2) is 9.62. The zero-order valence-electron chi connectivity index (χ0n) is 18.3. The van der Waals surface area contributed by atoms with Gasteiger partial charge in [-0.25, -0.2) is 9.66 Å². The van der Waals surface area contributed by atoms with Crippen LogP contribution in [-0.2, 0) is 11.2 Å². The van der Waals surface area contributed by atoms with Gasteiger partial charge in [-0.1, -0.05) is 36.0 Å². The number of nitrogens with zero attached hydrogens (tertiary/aromatic N) is 5. The molecule has 1 amide bonds. The van der Waals surface area contributed by atoms with Crippen LogP contribution in [0.15, 0.2) is 78.2 Å². The number of anilines is 1. The van der Waals surface area contributed by atoms with E-state index in [4.69, 9.17) is 5.84 Å². The summed E-state index contributed by atoms with van der Waals surface area (Å²) in [6, 6.07) is 19.6. The third-order valence-electron chi connectivity index (χ3n) is 5.15. The average molecular weight is 488 g/mol. The van der Waals surface area contributed by atoms with E-state index in [1.807, 2.05) is 48.5 Å². The maximum absolute atomic E-state index is 12.7. The van der Waals surface area contributed by atoms with Crippen LogP contribution in [0.2, 0.25) is 0 Å². The molecule has 1 unspecified atom stereocenters. The summed E-state index contributed by atoms with van der Waals surface area (Å²) in [4.78, 5) is 21.5. The zero-order valence-corrected chi connectivity index (χ0v) is 19.9. The molecule has 3 N–H and O–H groups in total. The summed E-state index contributed by atoms with van der Waals surface area (Å²) in [5.74, 6) is 6.50. The van der Waals surface area contributed by atoms with Crippen molar-refractivity contribution in [2.45, 2.75) is 23.8 Å². The Hall–Kier alpha value is -3.76. The number of thioether (sulfide) groups is 1. The Bertz CT molecular complexity index is 1400. The third kappa shape index (κ3) is 4.78. The van der Waals surface area contributed by atoms with E-state index < -0.39 is 5.25 Å². The van der Waals surface area contributed by atoms with E-state index in [9.17, 15) is 4.79 Å². The number of nitrogen functional groups attached to an aromatic ring is 1. The first-order valence-corrected chi connectivity index (χ1v) is 12.3. The summed E-state index contributed by atoms with van der Waals surface area (Å²) in [5, 5.41) is 12.3. The second-order valence-corrected chi connectivity index (χ2v) is 10.0. The highest BCUT2D eigenvalue weighted by Crippen LogP contribution is 2.26. The fraction of sp³-hybridized carbons (Fsp3) is 0.125. The predicted octanol–water partition coefficient (Wildman–Crippen LogP) is 4.37. The van der Waals surface area contributed by atoms with Gasteiger partial charge in [-0.3, -0.25) is 9.78 Å². The van der Waals surface area contributed by atoms with Crippen molar-refractivity contribution < 1.29 is 4.79 Å². The van der Waals surface area contributed by atoms with Crippen LogP contribution in [0.5, 0.6) is 0 Å². The highest BCUT2D eigenvalue weighted by Gasteiger charge is 2.20. The molecule has 0 fully saturated rings. The first-order chi connectivity index (χ1) is 16.6. The predicted molar refractivity (Wildman–Crippen MR) is 136 cm³/mol. The van der Waals surface area contributed by atoms with Gasteiger partial charge in [0.05, 0.1) is 20.5 Å². The first kappa shape index (κ1) is 22.1. The Morgan fingerprint density at radius 2 is 1.94 bits per heavy atom. The summed E-state index contributed by atoms with van der Waals surface area (Å²) in [7, 11) is 0. The Morgan fingerprint density at radius 3 is 2.71 bits per heavy atom. The molecule has 5 rings (SSSR count). The molecular weight excluding hydrogens is 466 g/mol. The number of benzene rings is 2. The summed E-state index contributed by atoms with van der Waals surface area (Å²) >= 11 is 2.95. The molecule has 0 aliphatic carbocycles. The largest absolute Gasteiger partial charge is 0.335 e. The fourth-order valence-corrected chi connectivity index (χ4v) is 5.15. The van der Waals surface area contributed by atoms with Crippen LogP contribution in [0, 0.1) is 0 Å². The summed E-state index contributed by atoms with van der Waals surface area (Å²) in [6.07, 6.45) is 4.10. The molecule has 3 aromatic heterocycles. The van der Waals surface area contributed by atoms with E-state index in [1.165, 1.54) is 21.1 Å². The quantitative estimate of drug-likeness (QED) is 0.259. The first-order valence-electron chi connectivity index (χ1n) is 10.6. The normalized spacial score (nSPS) is 12.0. The van der Waals surface area contributed by atoms with E-state index in [1.54, 1.807) is 36.7 Å². The number of rotatable bonds is 7. The molecular formula is C24H21N7OS2. The van der Waals surface area contributed by atoms with E-state index >= 15 is 0 Å². The van der Waals surface area contributed by atoms with Gasteiger partial charge < -0.3 is 11.2 Å². The third-order valence-corrected chi connectivity index (χ3v) is 7.24. The summed E-state index contributed by atoms with van der Waals surface area (Å²) in [6.45, 7) is 1.81. The van der Waals surface area contributed by atoms with Crippen molar-refractivity contribution in [1.29, 1.82) is 0 Å². The number of aromatic nitrogens is 5. The minimum absolute atomic E-state index is 0.144. The average Bonchev–Trinajstić information content (AvgIpc) is 3.43. The lowest BCUT2D eigenvalue weighted by atomic mass is 10.1. The highest BCUT2D eigenvalue weighted by atomic mass is 32.2. The molecule has 0 spiro atoms. The topological polar surface area (TPSA) is 112 Å². The molecule has 8 nitrogen and oxygen atoms in total. The molecule has 5 aromatic rings. The SMILES string of the molecule is CC(Sc1nnc(-c2cccnc2)n1N)C(=O)Nc1ccc(Cc2nc3ccccc3s2)cc1. The molecule has 170 valence electrons. The van der Waals surface area contributed by atoms with Gasteiger partial charge in [0, 0.05) is 30.1 Å². The number of amides is 1. The van der Waals surface area contributed by atoms with Crippen LogP contribution in [0.3, 0.4) is 0 Å². The van der Waals surface area contributed by atoms with Crippen molar-refractivity contribution in [2.75, 3.05) is 11.2 Å². The van der Waals surface area contributed by atoms with E-state index in [2.05, 4.69) is 31.5 Å². The van der Waals surface area contributed by atoms with Gasteiger partial charge in [-0.05, 0) is 48.9 Å². The minimum atomic E-state index is -0.421. The van der Waals surface area contributed by atoms with Crippen LogP contribution in [0.25, 0.3) is 21.6 Å². The van der Waals surface area contributed by atoms with Crippen LogP contribution in [-0.4, -0.2) is 36.0 Å². The van der Waals surface area contributed by atoms with Crippen LogP contribution >= 0.6 is 23.1 Å². The van der Waals surface area contributed by atoms with Crippen LogP contribution < -0.4 is 11.2 Å². The Kier molecular flexibility index (Phi) is 6.24. The smallest absolute Gasteiger partial charge is 0.237 e. The number of carbonyl (C=O) groups excluding carboxylic acids is 1. The molecule has 3 heterocycles. The molecule has 0 bridgehead atoms. The number of hydrogen-bond acceptors (Lipinski definition) is 8. The number of hydrogen-bond donors (Lipinski definition) is 2. The van der Waals surface area contributed by atoms with Gasteiger partial charge >= 0.3 is 0 Å². The van der Waals surface area contributed by atoms with Crippen molar-refractivity contribution in [2.24, 2.45) is 0 Å². The van der Waals surface area contributed by atoms with E-state index in [-0.39, 0.29) is 5.91 Å². The Balaban J connectivity index is 1.20. The monoisotopic (exact) mass is 487 g/mol. The maximum Gasteiger partial charge on any atom is 0.237 e. The van der Waals surface area contributed by atoms with Gasteiger partial charge in [-0.2, -0.15) is 0 Å². The lowest BCUT2D eigenvalue weighted by Gasteiger charge is -2.12. The Morgan fingerprint density at radius 1 is 1.12 bits per heavy atom. The van der Waals surface area contributed by atoms with Gasteiger partial charge in [-0.15, -0.1) is 21.5 Å². The van der Waals surface area contributed by atoms with Crippen molar-refractivity contribution in [3.63, 3.8) is 0 Å². The van der Waals surface area contributed by atoms with E-state index in [0.717, 1.165) is 33.8 Å². The van der Waals surface area contributed by atoms with Gasteiger partial charge in [0.2, 0.25) is 11.1 Å². The number of nitrogens with two attached hydrogens (primary N) is 1. The van der Waals surface area contributed by atoms with Crippen molar-refractivity contribution in [3.8, 4) is 11.4 Å². The standard InChI is InChI=1S/C24H21N7OS2/c1-15(33-24-30-29-22(31(24)25)17-5-4-12-26-14-17)23(32)27-18-10-8-16(9-11-18)13-21-28-19-6-2-3-7-20(19)34-21/h2-12,14-15H,13,25H2,1H3,(H,27,32). The highest BCUT2D eigenvalue weighted by molar-refractivity contribution is 8.00. The van der Waals surface area contributed by atoms with Crippen molar-refractivity contribution >= 4 is 44.9 Å². The fourth-order valence-electron chi connectivity index (χ4n) is 3.38. The molecule has 0 saturated heterocycles. The number of nitrogens with one attached hydrogen (secondary N) is 1. The van der Waals surface area contributed by atoms with Gasteiger partial charge in [0.1, 0.15) is 0 Å². The van der Waals surface area contributed by atoms with Crippen molar-refractivity contribution in [3.05, 3.63) is 83.6 Å². The molecule has 0 saturated carbocycles. The Labute approximate surface area is 204 Å². The van der Waals surface area contributed by atoms with E-state index in [0.29, 0.717) is 11.0 Å². The second-order valence-electron chi connectivity index (χ2n) is 7.62. The summed E-state index contributed by atoms with van der Waals surface area (Å²) < 4.78 is 2.57. The summed E-state index contributed by atoms with van der Waals surface area (Å²) in [5.41, 5.74) is 3.65. The van der Waals surface area contributed by atoms with Gasteiger partial charge in [0.15, 0.2) is 5.82 Å². The number of carbonyl (C=O) groups is 1. The molecule has 1 atom stereocenters. The zero-order chi connectivity index (χ0) is 23.5. The molecule has 0 aliphatic rings. The van der Waals surface area contributed by atoms with Gasteiger partial charge in [0.25, 0.3) is 0 Å². The van der Waals surface area contributed by atoms with Crippen molar-refractivity contribution in [1.82, 2.24) is 24.8 Å². The molecule has 0 aliphatic heterocycles. The minimum Gasteiger partial charge on any atom is -0.335 e. The molecule has 34 heavy (non-hydrogen) atoms. The maximum atomic E-state index is 12.7. The molecule has 0 radical (unpaired) electrons. The number of para-hydroxylation sites is 1. The lowest BCUT2D eigenvalue weighted by Crippen LogP contribution is -2.23. The van der Waals surface area contributed by atoms with Crippen LogP contribution in [0.1, 0.15) is 17.5 Å². The number of thiazole rings is 1. The molecule has 2 aromatic carbocycles.